The molecule has 3 rings (SSSR count). The Hall–Kier alpha value is -1.00. The number of fused-ring (bicyclic) bond motifs is 2. The minimum Gasteiger partial charge on any atom is -0.311 e. The molecule has 0 aromatic carbocycles. The Bertz CT molecular complexity index is 382. The third-order valence-corrected chi connectivity index (χ3v) is 4.48. The maximum atomic E-state index is 4.38. The van der Waals surface area contributed by atoms with Crippen molar-refractivity contribution in [3.05, 3.63) is 24.3 Å². The molecule has 4 nitrogen and oxygen atoms in total. The first-order valence-electron chi connectivity index (χ1n) is 7.60. The predicted molar refractivity (Wildman–Crippen MR) is 75.7 cm³/mol. The van der Waals surface area contributed by atoms with Gasteiger partial charge in [-0.15, -0.1) is 0 Å². The van der Waals surface area contributed by atoms with E-state index in [2.05, 4.69) is 27.1 Å². The molecule has 1 aromatic heterocycles. The molecular weight excluding hydrogens is 236 g/mol. The molecule has 104 valence electrons. The van der Waals surface area contributed by atoms with Gasteiger partial charge in [-0.05, 0) is 44.7 Å². The maximum Gasteiger partial charge on any atom is 0.115 e. The van der Waals surface area contributed by atoms with Crippen LogP contribution >= 0.6 is 0 Å². The Balaban J connectivity index is 1.66. The average Bonchev–Trinajstić information content (AvgIpc) is 2.78. The van der Waals surface area contributed by atoms with Gasteiger partial charge in [0.15, 0.2) is 0 Å². The van der Waals surface area contributed by atoms with Crippen LogP contribution in [0.25, 0.3) is 0 Å². The molecule has 0 radical (unpaired) electrons. The number of hydrogen-bond donors (Lipinski definition) is 1. The van der Waals surface area contributed by atoms with Gasteiger partial charge in [0.25, 0.3) is 0 Å². The number of rotatable bonds is 5. The van der Waals surface area contributed by atoms with Gasteiger partial charge in [-0.25, -0.2) is 9.97 Å². The van der Waals surface area contributed by atoms with Crippen LogP contribution in [0.5, 0.6) is 0 Å². The van der Waals surface area contributed by atoms with Gasteiger partial charge in [0.05, 0.1) is 5.69 Å². The quantitative estimate of drug-likeness (QED) is 0.879. The lowest BCUT2D eigenvalue weighted by Crippen LogP contribution is -2.48. The van der Waals surface area contributed by atoms with E-state index in [1.54, 1.807) is 6.33 Å². The summed E-state index contributed by atoms with van der Waals surface area (Å²) in [6.45, 7) is 4.41. The second-order valence-corrected chi connectivity index (χ2v) is 5.93. The zero-order valence-corrected chi connectivity index (χ0v) is 11.8. The molecule has 0 aliphatic carbocycles. The van der Waals surface area contributed by atoms with Gasteiger partial charge in [0.2, 0.25) is 0 Å². The van der Waals surface area contributed by atoms with Crippen molar-refractivity contribution in [2.45, 2.75) is 63.7 Å². The molecule has 0 spiro atoms. The summed E-state index contributed by atoms with van der Waals surface area (Å²) in [7, 11) is 0. The lowest BCUT2D eigenvalue weighted by Gasteiger charge is -2.37. The highest BCUT2D eigenvalue weighted by molar-refractivity contribution is 5.01. The molecule has 1 aromatic rings. The molecule has 2 aliphatic rings. The molecule has 4 heteroatoms. The van der Waals surface area contributed by atoms with Crippen LogP contribution in [0.3, 0.4) is 0 Å². The number of nitrogens with zero attached hydrogens (tertiary/aromatic N) is 3. The Kier molecular flexibility index (Phi) is 4.09. The fraction of sp³-hybridized carbons (Fsp3) is 0.733. The molecule has 19 heavy (non-hydrogen) atoms. The Labute approximate surface area is 115 Å². The molecule has 3 heterocycles. The van der Waals surface area contributed by atoms with Crippen LogP contribution in [0.15, 0.2) is 18.6 Å². The van der Waals surface area contributed by atoms with Crippen LogP contribution in [0.1, 0.15) is 44.7 Å². The molecule has 2 aliphatic heterocycles. The minimum absolute atomic E-state index is 0.730. The summed E-state index contributed by atoms with van der Waals surface area (Å²) in [5.41, 5.74) is 1.15. The molecule has 2 saturated heterocycles. The first-order chi connectivity index (χ1) is 9.35. The van der Waals surface area contributed by atoms with E-state index in [4.69, 9.17) is 0 Å². The van der Waals surface area contributed by atoms with Crippen molar-refractivity contribution in [2.75, 3.05) is 6.54 Å². The van der Waals surface area contributed by atoms with Gasteiger partial charge >= 0.3 is 0 Å². The fourth-order valence-electron chi connectivity index (χ4n) is 3.62. The molecule has 1 N–H and O–H groups in total. The van der Waals surface area contributed by atoms with Gasteiger partial charge in [-0.1, -0.05) is 6.92 Å². The van der Waals surface area contributed by atoms with E-state index in [0.717, 1.165) is 30.4 Å². The molecule has 0 amide bonds. The van der Waals surface area contributed by atoms with Crippen molar-refractivity contribution in [3.63, 3.8) is 0 Å². The first kappa shape index (κ1) is 13.0. The Morgan fingerprint density at radius 2 is 2.11 bits per heavy atom. The zero-order valence-electron chi connectivity index (χ0n) is 11.8. The average molecular weight is 260 g/mol. The summed E-state index contributed by atoms with van der Waals surface area (Å²) < 4.78 is 0. The third-order valence-electron chi connectivity index (χ3n) is 4.48. The number of hydrogen-bond acceptors (Lipinski definition) is 4. The van der Waals surface area contributed by atoms with E-state index in [1.807, 2.05) is 12.3 Å². The zero-order chi connectivity index (χ0) is 13.1. The molecule has 2 bridgehead atoms. The number of piperidine rings is 1. The SMILES string of the molecule is CCCN(Cc1ccncn1)C1CC2CCC(C1)N2. The van der Waals surface area contributed by atoms with Gasteiger partial charge in [-0.2, -0.15) is 0 Å². The van der Waals surface area contributed by atoms with Crippen molar-refractivity contribution in [1.29, 1.82) is 0 Å². The Morgan fingerprint density at radius 3 is 2.74 bits per heavy atom. The largest absolute Gasteiger partial charge is 0.311 e. The predicted octanol–water partition coefficient (Wildman–Crippen LogP) is 1.97. The molecule has 2 atom stereocenters. The summed E-state index contributed by atoms with van der Waals surface area (Å²) in [6.07, 6.45) is 10.1. The highest BCUT2D eigenvalue weighted by Gasteiger charge is 2.35. The molecular formula is C15H24N4. The van der Waals surface area contributed by atoms with Crippen molar-refractivity contribution >= 4 is 0 Å². The molecule has 2 fully saturated rings. The first-order valence-corrected chi connectivity index (χ1v) is 7.60. The topological polar surface area (TPSA) is 41.1 Å². The van der Waals surface area contributed by atoms with Gasteiger partial charge in [0.1, 0.15) is 6.33 Å². The minimum atomic E-state index is 0.730. The monoisotopic (exact) mass is 260 g/mol. The normalized spacial score (nSPS) is 29.9. The van der Waals surface area contributed by atoms with E-state index >= 15 is 0 Å². The van der Waals surface area contributed by atoms with E-state index in [9.17, 15) is 0 Å². The summed E-state index contributed by atoms with van der Waals surface area (Å²) in [5.74, 6) is 0. The van der Waals surface area contributed by atoms with E-state index in [-0.39, 0.29) is 0 Å². The summed E-state index contributed by atoms with van der Waals surface area (Å²) >= 11 is 0. The van der Waals surface area contributed by atoms with Crippen LogP contribution in [0.2, 0.25) is 0 Å². The standard InChI is InChI=1S/C15H24N4/c1-2-7-19(10-14-5-6-16-11-17-14)15-8-12-3-4-13(9-15)18-12/h5-6,11-13,15,18H,2-4,7-10H2,1H3. The number of nitrogens with one attached hydrogen (secondary N) is 1. The van der Waals surface area contributed by atoms with E-state index in [1.165, 1.54) is 38.6 Å². The highest BCUT2D eigenvalue weighted by Crippen LogP contribution is 2.30. The van der Waals surface area contributed by atoms with Crippen LogP contribution < -0.4 is 5.32 Å². The molecule has 0 saturated carbocycles. The Morgan fingerprint density at radius 1 is 1.32 bits per heavy atom. The van der Waals surface area contributed by atoms with Crippen LogP contribution in [0, 0.1) is 0 Å². The molecule has 2 unspecified atom stereocenters. The van der Waals surface area contributed by atoms with Crippen LogP contribution in [-0.2, 0) is 6.54 Å². The van der Waals surface area contributed by atoms with E-state index < -0.39 is 0 Å². The highest BCUT2D eigenvalue weighted by atomic mass is 15.2. The fourth-order valence-corrected chi connectivity index (χ4v) is 3.62. The van der Waals surface area contributed by atoms with Crippen molar-refractivity contribution in [1.82, 2.24) is 20.2 Å². The second-order valence-electron chi connectivity index (χ2n) is 5.93. The lowest BCUT2D eigenvalue weighted by atomic mass is 9.97. The van der Waals surface area contributed by atoms with Gasteiger partial charge < -0.3 is 5.32 Å². The summed E-state index contributed by atoms with van der Waals surface area (Å²) in [5, 5.41) is 3.73. The lowest BCUT2D eigenvalue weighted by molar-refractivity contribution is 0.132. The maximum absolute atomic E-state index is 4.38. The van der Waals surface area contributed by atoms with Crippen LogP contribution in [-0.4, -0.2) is 39.5 Å². The van der Waals surface area contributed by atoms with Crippen LogP contribution in [0.4, 0.5) is 0 Å². The summed E-state index contributed by atoms with van der Waals surface area (Å²) in [4.78, 5) is 11.0. The van der Waals surface area contributed by atoms with E-state index in [0.29, 0.717) is 0 Å². The van der Waals surface area contributed by atoms with Crippen molar-refractivity contribution in [3.8, 4) is 0 Å². The number of aromatic nitrogens is 2. The summed E-state index contributed by atoms with van der Waals surface area (Å²) in [6, 6.07) is 4.29. The smallest absolute Gasteiger partial charge is 0.115 e. The third kappa shape index (κ3) is 3.12. The van der Waals surface area contributed by atoms with Crippen molar-refractivity contribution < 1.29 is 0 Å². The second kappa shape index (κ2) is 5.97. The van der Waals surface area contributed by atoms with Gasteiger partial charge in [0, 0.05) is 30.9 Å². The van der Waals surface area contributed by atoms with Crippen molar-refractivity contribution in [2.24, 2.45) is 0 Å². The van der Waals surface area contributed by atoms with Gasteiger partial charge in [-0.3, -0.25) is 4.90 Å².